The maximum absolute atomic E-state index is 14.4. The first-order valence-corrected chi connectivity index (χ1v) is 7.78. The summed E-state index contributed by atoms with van der Waals surface area (Å²) in [6.45, 7) is 3.97. The molecule has 3 rings (SSSR count). The van der Waals surface area contributed by atoms with E-state index in [1.807, 2.05) is 12.1 Å². The highest BCUT2D eigenvalue weighted by molar-refractivity contribution is 5.89. The average molecular weight is 358 g/mol. The van der Waals surface area contributed by atoms with Crippen molar-refractivity contribution < 1.29 is 22.3 Å². The summed E-state index contributed by atoms with van der Waals surface area (Å²) in [5.74, 6) is -1.36. The molecule has 0 aliphatic rings. The van der Waals surface area contributed by atoms with Gasteiger partial charge < -0.3 is 4.74 Å². The Kier molecular flexibility index (Phi) is 5.07. The molecule has 3 aromatic rings. The molecule has 26 heavy (non-hydrogen) atoms. The van der Waals surface area contributed by atoms with Crippen LogP contribution in [0.4, 0.5) is 17.6 Å². The second-order valence-corrected chi connectivity index (χ2v) is 5.58. The normalized spacial score (nSPS) is 10.6. The Balaban J connectivity index is 2.02. The van der Waals surface area contributed by atoms with E-state index in [0.29, 0.717) is 17.7 Å². The van der Waals surface area contributed by atoms with Gasteiger partial charge in [0.25, 0.3) is 6.08 Å². The fourth-order valence-electron chi connectivity index (χ4n) is 2.67. The highest BCUT2D eigenvalue weighted by atomic mass is 19.3. The third kappa shape index (κ3) is 3.61. The monoisotopic (exact) mass is 358 g/mol. The molecule has 0 heterocycles. The van der Waals surface area contributed by atoms with Gasteiger partial charge in [0, 0.05) is 11.5 Å². The Morgan fingerprint density at radius 3 is 2.31 bits per heavy atom. The van der Waals surface area contributed by atoms with Crippen LogP contribution in [0.3, 0.4) is 0 Å². The summed E-state index contributed by atoms with van der Waals surface area (Å²) in [5, 5.41) is 0.370. The third-order valence-corrected chi connectivity index (χ3v) is 3.87. The number of halogens is 4. The summed E-state index contributed by atoms with van der Waals surface area (Å²) in [6, 6.07) is 13.0. The van der Waals surface area contributed by atoms with Crippen molar-refractivity contribution >= 4 is 16.8 Å². The van der Waals surface area contributed by atoms with Crippen LogP contribution >= 0.6 is 0 Å². The molecule has 3 aromatic carbocycles. The Bertz CT molecular complexity index is 987. The molecule has 0 saturated heterocycles. The fraction of sp³-hybridized carbons (Fsp3) is 0.0476. The maximum Gasteiger partial charge on any atom is 0.271 e. The first-order valence-electron chi connectivity index (χ1n) is 7.78. The van der Waals surface area contributed by atoms with Gasteiger partial charge in [-0.2, -0.15) is 8.78 Å². The van der Waals surface area contributed by atoms with Gasteiger partial charge in [-0.1, -0.05) is 36.9 Å². The zero-order valence-corrected chi connectivity index (χ0v) is 13.6. The molecule has 0 radical (unpaired) electrons. The first-order chi connectivity index (χ1) is 12.5. The van der Waals surface area contributed by atoms with E-state index >= 15 is 0 Å². The van der Waals surface area contributed by atoms with Crippen molar-refractivity contribution in [1.29, 1.82) is 0 Å². The van der Waals surface area contributed by atoms with E-state index in [1.165, 1.54) is 6.07 Å². The molecular formula is C21H14F4O. The van der Waals surface area contributed by atoms with Crippen molar-refractivity contribution in [3.8, 4) is 16.9 Å². The lowest BCUT2D eigenvalue weighted by atomic mass is 9.99. The van der Waals surface area contributed by atoms with Crippen molar-refractivity contribution in [3.63, 3.8) is 0 Å². The summed E-state index contributed by atoms with van der Waals surface area (Å²) < 4.78 is 58.5. The Morgan fingerprint density at radius 1 is 0.962 bits per heavy atom. The van der Waals surface area contributed by atoms with E-state index in [9.17, 15) is 17.6 Å². The van der Waals surface area contributed by atoms with Crippen LogP contribution in [0.2, 0.25) is 0 Å². The van der Waals surface area contributed by atoms with Gasteiger partial charge in [0.05, 0.1) is 5.56 Å². The minimum absolute atomic E-state index is 0.0774. The molecule has 0 amide bonds. The lowest BCUT2D eigenvalue weighted by molar-refractivity contribution is 0.363. The summed E-state index contributed by atoms with van der Waals surface area (Å²) in [4.78, 5) is 0. The molecule has 0 aromatic heterocycles. The predicted octanol–water partition coefficient (Wildman–Crippen LogP) is 6.59. The van der Waals surface area contributed by atoms with Gasteiger partial charge >= 0.3 is 0 Å². The molecule has 0 aliphatic heterocycles. The van der Waals surface area contributed by atoms with Gasteiger partial charge in [-0.05, 0) is 40.8 Å². The lowest BCUT2D eigenvalue weighted by Gasteiger charge is -2.09. The number of hydrogen-bond donors (Lipinski definition) is 0. The largest absolute Gasteiger partial charge is 0.490 e. The van der Waals surface area contributed by atoms with Crippen molar-refractivity contribution in [3.05, 3.63) is 84.5 Å². The molecule has 0 aliphatic carbocycles. The second-order valence-electron chi connectivity index (χ2n) is 5.58. The predicted molar refractivity (Wildman–Crippen MR) is 95.2 cm³/mol. The van der Waals surface area contributed by atoms with Crippen LogP contribution in [-0.2, 0) is 0 Å². The van der Waals surface area contributed by atoms with E-state index in [1.54, 1.807) is 30.3 Å². The van der Waals surface area contributed by atoms with Crippen molar-refractivity contribution in [1.82, 2.24) is 0 Å². The quantitative estimate of drug-likeness (QED) is 0.369. The first kappa shape index (κ1) is 17.7. The van der Waals surface area contributed by atoms with Gasteiger partial charge in [-0.15, -0.1) is 0 Å². The van der Waals surface area contributed by atoms with E-state index in [-0.39, 0.29) is 11.5 Å². The van der Waals surface area contributed by atoms with Crippen LogP contribution in [0.5, 0.6) is 5.75 Å². The topological polar surface area (TPSA) is 9.23 Å². The van der Waals surface area contributed by atoms with Crippen molar-refractivity contribution in [2.75, 3.05) is 6.61 Å². The molecule has 0 atom stereocenters. The lowest BCUT2D eigenvalue weighted by Crippen LogP contribution is -1.93. The highest BCUT2D eigenvalue weighted by Gasteiger charge is 2.14. The van der Waals surface area contributed by atoms with Gasteiger partial charge in [0.2, 0.25) is 0 Å². The molecular weight excluding hydrogens is 344 g/mol. The summed E-state index contributed by atoms with van der Waals surface area (Å²) in [6.07, 6.45) is -0.323. The highest BCUT2D eigenvalue weighted by Crippen LogP contribution is 2.31. The number of benzene rings is 3. The van der Waals surface area contributed by atoms with Gasteiger partial charge in [-0.3, -0.25) is 0 Å². The van der Waals surface area contributed by atoms with E-state index < -0.39 is 23.3 Å². The standard InChI is InChI=1S/C21H14F4O/c1-2-9-26-16-6-3-13(4-7-16)14-5-8-17-15(10-14)11-19(22)18(21(17)25)12-20(23)24/h2-8,10-12H,1,9H2. The SMILES string of the molecule is C=CCOc1ccc(-c2ccc3c(F)c(C=C(F)F)c(F)cc3c2)cc1. The Morgan fingerprint density at radius 2 is 1.65 bits per heavy atom. The molecule has 0 fully saturated rings. The molecule has 0 bridgehead atoms. The smallest absolute Gasteiger partial charge is 0.271 e. The van der Waals surface area contributed by atoms with E-state index in [4.69, 9.17) is 4.74 Å². The Labute approximate surface area is 147 Å². The summed E-state index contributed by atoms with van der Waals surface area (Å²) in [7, 11) is 0. The zero-order chi connectivity index (χ0) is 18.7. The van der Waals surface area contributed by atoms with Crippen LogP contribution in [0.15, 0.2) is 67.3 Å². The van der Waals surface area contributed by atoms with Crippen LogP contribution in [0.1, 0.15) is 5.56 Å². The van der Waals surface area contributed by atoms with E-state index in [2.05, 4.69) is 6.58 Å². The molecule has 5 heteroatoms. The third-order valence-electron chi connectivity index (χ3n) is 3.87. The molecule has 0 N–H and O–H groups in total. The van der Waals surface area contributed by atoms with Crippen molar-refractivity contribution in [2.45, 2.75) is 0 Å². The fourth-order valence-corrected chi connectivity index (χ4v) is 2.67. The minimum Gasteiger partial charge on any atom is -0.490 e. The molecule has 0 saturated carbocycles. The van der Waals surface area contributed by atoms with Crippen molar-refractivity contribution in [2.24, 2.45) is 0 Å². The van der Waals surface area contributed by atoms with E-state index in [0.717, 1.165) is 17.2 Å². The van der Waals surface area contributed by atoms with Crippen LogP contribution < -0.4 is 4.74 Å². The number of hydrogen-bond acceptors (Lipinski definition) is 1. The molecule has 132 valence electrons. The van der Waals surface area contributed by atoms with Gasteiger partial charge in [0.1, 0.15) is 24.0 Å². The number of ether oxygens (including phenoxy) is 1. The maximum atomic E-state index is 14.4. The zero-order valence-electron chi connectivity index (χ0n) is 13.6. The van der Waals surface area contributed by atoms with Crippen LogP contribution in [0.25, 0.3) is 28.0 Å². The van der Waals surface area contributed by atoms with Gasteiger partial charge in [0.15, 0.2) is 0 Å². The number of rotatable bonds is 5. The molecule has 1 nitrogen and oxygen atoms in total. The Hall–Kier alpha value is -3.08. The van der Waals surface area contributed by atoms with Crippen LogP contribution in [-0.4, -0.2) is 6.61 Å². The average Bonchev–Trinajstić information content (AvgIpc) is 2.63. The second kappa shape index (κ2) is 7.44. The summed E-state index contributed by atoms with van der Waals surface area (Å²) in [5.41, 5.74) is 0.831. The number of fused-ring (bicyclic) bond motifs is 1. The van der Waals surface area contributed by atoms with Crippen LogP contribution in [0, 0.1) is 11.6 Å². The molecule has 0 spiro atoms. The molecule has 0 unspecified atom stereocenters. The summed E-state index contributed by atoms with van der Waals surface area (Å²) >= 11 is 0. The minimum atomic E-state index is -2.16. The van der Waals surface area contributed by atoms with Gasteiger partial charge in [-0.25, -0.2) is 8.78 Å².